The highest BCUT2D eigenvalue weighted by Crippen LogP contribution is 2.15. The van der Waals surface area contributed by atoms with Crippen molar-refractivity contribution in [3.8, 4) is 0 Å². The Morgan fingerprint density at radius 3 is 2.13 bits per heavy atom. The van der Waals surface area contributed by atoms with Gasteiger partial charge in [-0.1, -0.05) is 23.7 Å². The molecule has 0 heterocycles. The molecule has 0 bridgehead atoms. The van der Waals surface area contributed by atoms with Crippen molar-refractivity contribution >= 4 is 29.0 Å². The number of carbonyl (C=O) groups excluding carboxylic acids is 1. The summed E-state index contributed by atoms with van der Waals surface area (Å²) in [5.41, 5.74) is 6.02. The Kier molecular flexibility index (Phi) is 6.13. The van der Waals surface area contributed by atoms with E-state index in [-0.39, 0.29) is 12.2 Å². The van der Waals surface area contributed by atoms with Crippen LogP contribution in [0.25, 0.3) is 0 Å². The molecule has 0 radical (unpaired) electrons. The van der Waals surface area contributed by atoms with E-state index in [9.17, 15) is 9.59 Å². The molecule has 0 aliphatic heterocycles. The number of anilines is 1. The Morgan fingerprint density at radius 1 is 1.40 bits per heavy atom. The lowest BCUT2D eigenvalue weighted by Gasteiger charge is -1.91. The van der Waals surface area contributed by atoms with E-state index in [2.05, 4.69) is 0 Å². The molecule has 4 nitrogen and oxygen atoms in total. The third-order valence-electron chi connectivity index (χ3n) is 1.31. The summed E-state index contributed by atoms with van der Waals surface area (Å²) in [5, 5.41) is 8.48. The molecule has 0 fully saturated rings. The third kappa shape index (κ3) is 7.52. The predicted molar refractivity (Wildman–Crippen MR) is 58.8 cm³/mol. The van der Waals surface area contributed by atoms with Crippen LogP contribution in [0.5, 0.6) is 0 Å². The Balaban J connectivity index is 0.000000265. The van der Waals surface area contributed by atoms with Crippen LogP contribution in [0, 0.1) is 0 Å². The van der Waals surface area contributed by atoms with E-state index < -0.39 is 5.97 Å². The lowest BCUT2D eigenvalue weighted by atomic mass is 10.3. The number of nitrogen functional groups attached to an aromatic ring is 1. The fourth-order valence-electron chi connectivity index (χ4n) is 0.688. The SMILES string of the molecule is CC(=O)CC(=O)O.Nc1ccccc1Cl. The van der Waals surface area contributed by atoms with E-state index in [1.807, 2.05) is 12.1 Å². The van der Waals surface area contributed by atoms with Gasteiger partial charge < -0.3 is 10.8 Å². The summed E-state index contributed by atoms with van der Waals surface area (Å²) in [7, 11) is 0. The molecule has 82 valence electrons. The first-order chi connectivity index (χ1) is 6.93. The van der Waals surface area contributed by atoms with Crippen molar-refractivity contribution < 1.29 is 14.7 Å². The smallest absolute Gasteiger partial charge is 0.310 e. The van der Waals surface area contributed by atoms with Gasteiger partial charge in [0, 0.05) is 0 Å². The van der Waals surface area contributed by atoms with Crippen LogP contribution >= 0.6 is 11.6 Å². The molecule has 1 rings (SSSR count). The van der Waals surface area contributed by atoms with Crippen molar-refractivity contribution in [2.24, 2.45) is 0 Å². The molecule has 1 aromatic carbocycles. The summed E-state index contributed by atoms with van der Waals surface area (Å²) < 4.78 is 0. The monoisotopic (exact) mass is 229 g/mol. The van der Waals surface area contributed by atoms with Crippen molar-refractivity contribution in [2.75, 3.05) is 5.73 Å². The van der Waals surface area contributed by atoms with Gasteiger partial charge in [-0.15, -0.1) is 0 Å². The molecule has 0 saturated carbocycles. The zero-order chi connectivity index (χ0) is 11.8. The van der Waals surface area contributed by atoms with E-state index in [1.54, 1.807) is 12.1 Å². The number of Topliss-reactive ketones (excluding diaryl/α,β-unsaturated/α-hetero) is 1. The summed E-state index contributed by atoms with van der Waals surface area (Å²) >= 11 is 5.58. The maximum atomic E-state index is 9.87. The molecule has 0 amide bonds. The Hall–Kier alpha value is -1.55. The Bertz CT molecular complexity index is 319. The minimum atomic E-state index is -1.06. The van der Waals surface area contributed by atoms with E-state index in [0.29, 0.717) is 10.7 Å². The minimum absolute atomic E-state index is 0.312. The highest BCUT2D eigenvalue weighted by atomic mass is 35.5. The second-order valence-electron chi connectivity index (χ2n) is 2.79. The van der Waals surface area contributed by atoms with Crippen molar-refractivity contribution in [2.45, 2.75) is 13.3 Å². The number of benzene rings is 1. The normalized spacial score (nSPS) is 8.67. The number of ketones is 1. The molecule has 5 heteroatoms. The topological polar surface area (TPSA) is 80.4 Å². The van der Waals surface area contributed by atoms with Crippen LogP contribution in [0.1, 0.15) is 13.3 Å². The number of nitrogens with two attached hydrogens (primary N) is 1. The van der Waals surface area contributed by atoms with Crippen LogP contribution in [0.3, 0.4) is 0 Å². The third-order valence-corrected chi connectivity index (χ3v) is 1.65. The largest absolute Gasteiger partial charge is 0.481 e. The molecule has 0 unspecified atom stereocenters. The van der Waals surface area contributed by atoms with Crippen molar-refractivity contribution in [1.29, 1.82) is 0 Å². The molecule has 1 aromatic rings. The van der Waals surface area contributed by atoms with Gasteiger partial charge in [-0.25, -0.2) is 0 Å². The summed E-state index contributed by atoms with van der Waals surface area (Å²) in [5.74, 6) is -1.37. The first-order valence-corrected chi connectivity index (χ1v) is 4.52. The first-order valence-electron chi connectivity index (χ1n) is 4.14. The number of aliphatic carboxylic acids is 1. The fraction of sp³-hybridized carbons (Fsp3) is 0.200. The predicted octanol–water partition coefficient (Wildman–Crippen LogP) is 1.97. The molecule has 3 N–H and O–H groups in total. The van der Waals surface area contributed by atoms with Crippen LogP contribution in [0.2, 0.25) is 5.02 Å². The van der Waals surface area contributed by atoms with Crippen molar-refractivity contribution in [3.05, 3.63) is 29.3 Å². The van der Waals surface area contributed by atoms with Gasteiger partial charge in [0.25, 0.3) is 0 Å². The van der Waals surface area contributed by atoms with Crippen LogP contribution in [0.4, 0.5) is 5.69 Å². The van der Waals surface area contributed by atoms with Crippen molar-refractivity contribution in [1.82, 2.24) is 0 Å². The van der Waals surface area contributed by atoms with Gasteiger partial charge in [-0.2, -0.15) is 0 Å². The average molecular weight is 230 g/mol. The lowest BCUT2D eigenvalue weighted by Crippen LogP contribution is -2.00. The maximum absolute atomic E-state index is 9.87. The van der Waals surface area contributed by atoms with E-state index in [1.165, 1.54) is 6.92 Å². The average Bonchev–Trinajstić information content (AvgIpc) is 2.08. The molecule has 0 spiro atoms. The molecule has 0 aromatic heterocycles. The van der Waals surface area contributed by atoms with Gasteiger partial charge in [0.05, 0.1) is 10.7 Å². The molecule has 0 aliphatic rings. The van der Waals surface area contributed by atoms with Gasteiger partial charge in [-0.05, 0) is 19.1 Å². The second kappa shape index (κ2) is 6.84. The number of carboxylic acids is 1. The van der Waals surface area contributed by atoms with Gasteiger partial charge >= 0.3 is 5.97 Å². The molecule has 0 atom stereocenters. The van der Waals surface area contributed by atoms with Gasteiger partial charge in [-0.3, -0.25) is 9.59 Å². The first kappa shape index (κ1) is 13.5. The minimum Gasteiger partial charge on any atom is -0.481 e. The van der Waals surface area contributed by atoms with Crippen LogP contribution < -0.4 is 5.73 Å². The highest BCUT2D eigenvalue weighted by Gasteiger charge is 1.98. The number of hydrogen-bond acceptors (Lipinski definition) is 3. The van der Waals surface area contributed by atoms with E-state index in [4.69, 9.17) is 22.4 Å². The summed E-state index contributed by atoms with van der Waals surface area (Å²) in [6.07, 6.45) is -0.361. The quantitative estimate of drug-likeness (QED) is 0.600. The van der Waals surface area contributed by atoms with Crippen LogP contribution in [-0.2, 0) is 9.59 Å². The number of rotatable bonds is 2. The molecule has 0 saturated heterocycles. The van der Waals surface area contributed by atoms with Crippen LogP contribution in [-0.4, -0.2) is 16.9 Å². The summed E-state index contributed by atoms with van der Waals surface area (Å²) in [4.78, 5) is 19.5. The maximum Gasteiger partial charge on any atom is 0.310 e. The number of carbonyl (C=O) groups is 2. The number of halogens is 1. The van der Waals surface area contributed by atoms with Gasteiger partial charge in [0.2, 0.25) is 0 Å². The number of hydrogen-bond donors (Lipinski definition) is 2. The number of para-hydroxylation sites is 1. The van der Waals surface area contributed by atoms with Gasteiger partial charge in [0.15, 0.2) is 0 Å². The standard InChI is InChI=1S/C6H6ClN.C4H6O3/c7-5-3-1-2-4-6(5)8;1-3(5)2-4(6)7/h1-4H,8H2;2H2,1H3,(H,6,7). The molecule has 15 heavy (non-hydrogen) atoms. The van der Waals surface area contributed by atoms with Crippen LogP contribution in [0.15, 0.2) is 24.3 Å². The molecular formula is C10H12ClNO3. The lowest BCUT2D eigenvalue weighted by molar-refractivity contribution is -0.139. The Morgan fingerprint density at radius 2 is 1.93 bits per heavy atom. The Labute approximate surface area is 92.7 Å². The zero-order valence-corrected chi connectivity index (χ0v) is 8.99. The summed E-state index contributed by atoms with van der Waals surface area (Å²) in [6, 6.07) is 7.22. The fourth-order valence-corrected chi connectivity index (χ4v) is 0.824. The summed E-state index contributed by atoms with van der Waals surface area (Å²) in [6.45, 7) is 1.24. The van der Waals surface area contributed by atoms with E-state index in [0.717, 1.165) is 0 Å². The van der Waals surface area contributed by atoms with Gasteiger partial charge in [0.1, 0.15) is 12.2 Å². The second-order valence-corrected chi connectivity index (χ2v) is 3.20. The highest BCUT2D eigenvalue weighted by molar-refractivity contribution is 6.33. The zero-order valence-electron chi connectivity index (χ0n) is 8.24. The molecular weight excluding hydrogens is 218 g/mol. The van der Waals surface area contributed by atoms with E-state index >= 15 is 0 Å². The number of carboxylic acid groups (broad SMARTS) is 1. The molecule has 0 aliphatic carbocycles. The van der Waals surface area contributed by atoms with Crippen molar-refractivity contribution in [3.63, 3.8) is 0 Å².